The van der Waals surface area contributed by atoms with Gasteiger partial charge in [-0.15, -0.1) is 0 Å². The summed E-state index contributed by atoms with van der Waals surface area (Å²) < 4.78 is 12.0. The third kappa shape index (κ3) is 5.77. The van der Waals surface area contributed by atoms with Crippen LogP contribution in [0.5, 0.6) is 5.75 Å². The zero-order chi connectivity index (χ0) is 24.8. The van der Waals surface area contributed by atoms with Crippen LogP contribution in [0.3, 0.4) is 0 Å². The number of amides is 1. The first kappa shape index (κ1) is 24.4. The maximum Gasteiger partial charge on any atom is 0.362 e. The predicted molar refractivity (Wildman–Crippen MR) is 124 cm³/mol. The molecule has 3 rings (SSSR count). The highest BCUT2D eigenvalue weighted by molar-refractivity contribution is 5.90. The van der Waals surface area contributed by atoms with Crippen molar-refractivity contribution in [3.63, 3.8) is 0 Å². The number of esters is 1. The highest BCUT2D eigenvalue weighted by Crippen LogP contribution is 2.23. The topological polar surface area (TPSA) is 126 Å². The van der Waals surface area contributed by atoms with Crippen molar-refractivity contribution in [1.29, 1.82) is 0 Å². The maximum absolute atomic E-state index is 12.5. The molecule has 10 heteroatoms. The molecule has 1 aromatic heterocycles. The number of non-ortho nitro benzene ring substituents is 1. The minimum atomic E-state index is -0.706. The Labute approximate surface area is 196 Å². The van der Waals surface area contributed by atoms with Crippen LogP contribution < -0.4 is 10.1 Å². The van der Waals surface area contributed by atoms with E-state index in [9.17, 15) is 19.7 Å². The van der Waals surface area contributed by atoms with Gasteiger partial charge in [0.25, 0.3) is 11.6 Å². The summed E-state index contributed by atoms with van der Waals surface area (Å²) in [5, 5.41) is 17.9. The second-order valence-electron chi connectivity index (χ2n) is 7.70. The van der Waals surface area contributed by atoms with Crippen LogP contribution >= 0.6 is 0 Å². The van der Waals surface area contributed by atoms with E-state index in [1.54, 1.807) is 6.92 Å². The molecule has 0 bridgehead atoms. The van der Waals surface area contributed by atoms with E-state index in [1.807, 2.05) is 39.0 Å². The quantitative estimate of drug-likeness (QED) is 0.289. The highest BCUT2D eigenvalue weighted by Gasteiger charge is 2.22. The maximum atomic E-state index is 12.5. The van der Waals surface area contributed by atoms with E-state index < -0.39 is 10.9 Å². The predicted octanol–water partition coefficient (Wildman–Crippen LogP) is 3.83. The number of carbonyl (C=O) groups excluding carboxylic acids is 2. The first-order valence-electron chi connectivity index (χ1n) is 10.7. The van der Waals surface area contributed by atoms with Crippen LogP contribution in [0.15, 0.2) is 48.7 Å². The van der Waals surface area contributed by atoms with E-state index in [-0.39, 0.29) is 42.3 Å². The lowest BCUT2D eigenvalue weighted by Crippen LogP contribution is -2.31. The van der Waals surface area contributed by atoms with Crippen molar-refractivity contribution in [2.24, 2.45) is 0 Å². The summed E-state index contributed by atoms with van der Waals surface area (Å²) in [5.74, 6) is -1.02. The lowest BCUT2D eigenvalue weighted by molar-refractivity contribution is -0.384. The number of carbonyl (C=O) groups is 2. The molecule has 178 valence electrons. The van der Waals surface area contributed by atoms with Crippen LogP contribution in [0, 0.1) is 24.0 Å². The summed E-state index contributed by atoms with van der Waals surface area (Å²) in [6.45, 7) is 7.36. The molecule has 1 heterocycles. The molecular formula is C24H26N4O6. The summed E-state index contributed by atoms with van der Waals surface area (Å²) in [6.07, 6.45) is 1.42. The zero-order valence-corrected chi connectivity index (χ0v) is 19.4. The number of benzene rings is 2. The van der Waals surface area contributed by atoms with Gasteiger partial charge in [0.2, 0.25) is 5.69 Å². The molecule has 0 radical (unpaired) electrons. The van der Waals surface area contributed by atoms with E-state index in [0.717, 1.165) is 11.1 Å². The van der Waals surface area contributed by atoms with E-state index in [0.29, 0.717) is 5.69 Å². The number of aryl methyl sites for hydroxylation is 2. The van der Waals surface area contributed by atoms with Gasteiger partial charge in [-0.2, -0.15) is 5.10 Å². The Balaban J connectivity index is 1.74. The van der Waals surface area contributed by atoms with E-state index in [2.05, 4.69) is 10.4 Å². The summed E-state index contributed by atoms with van der Waals surface area (Å²) in [7, 11) is 0. The molecular weight excluding hydrogens is 440 g/mol. The standard InChI is InChI=1S/C24H26N4O6/c1-5-33-24(30)23-21(13-27(26-23)19-8-10-20(11-9-19)28(31)32)34-14-22(29)25-17(4)18-7-6-15(2)16(3)12-18/h6-13,17H,5,14H2,1-4H3,(H,25,29). The lowest BCUT2D eigenvalue weighted by atomic mass is 10.0. The van der Waals surface area contributed by atoms with Crippen LogP contribution in [0.4, 0.5) is 5.69 Å². The molecule has 1 unspecified atom stereocenters. The fraction of sp³-hybridized carbons (Fsp3) is 0.292. The molecule has 0 aliphatic carbocycles. The molecule has 1 atom stereocenters. The molecule has 34 heavy (non-hydrogen) atoms. The monoisotopic (exact) mass is 466 g/mol. The number of ether oxygens (including phenoxy) is 2. The third-order valence-electron chi connectivity index (χ3n) is 5.24. The molecule has 2 aromatic carbocycles. The number of nitrogens with zero attached hydrogens (tertiary/aromatic N) is 3. The Morgan fingerprint density at radius 1 is 1.15 bits per heavy atom. The molecule has 0 spiro atoms. The average molecular weight is 466 g/mol. The number of hydrogen-bond acceptors (Lipinski definition) is 7. The smallest absolute Gasteiger partial charge is 0.362 e. The van der Waals surface area contributed by atoms with Gasteiger partial charge in [0.05, 0.1) is 29.5 Å². The second kappa shape index (κ2) is 10.6. The molecule has 0 aliphatic heterocycles. The van der Waals surface area contributed by atoms with Crippen molar-refractivity contribution in [3.05, 3.63) is 81.2 Å². The van der Waals surface area contributed by atoms with Gasteiger partial charge in [-0.3, -0.25) is 14.9 Å². The van der Waals surface area contributed by atoms with Crippen molar-refractivity contribution >= 4 is 17.6 Å². The van der Waals surface area contributed by atoms with Crippen molar-refractivity contribution in [2.75, 3.05) is 13.2 Å². The van der Waals surface area contributed by atoms with Gasteiger partial charge in [-0.1, -0.05) is 18.2 Å². The van der Waals surface area contributed by atoms with Crippen LogP contribution in [-0.4, -0.2) is 39.8 Å². The van der Waals surface area contributed by atoms with Gasteiger partial charge >= 0.3 is 5.97 Å². The van der Waals surface area contributed by atoms with Crippen LogP contribution in [-0.2, 0) is 9.53 Å². The fourth-order valence-corrected chi connectivity index (χ4v) is 3.21. The lowest BCUT2D eigenvalue weighted by Gasteiger charge is -2.16. The van der Waals surface area contributed by atoms with Crippen LogP contribution in [0.25, 0.3) is 5.69 Å². The zero-order valence-electron chi connectivity index (χ0n) is 19.4. The van der Waals surface area contributed by atoms with Gasteiger partial charge in [0.1, 0.15) is 0 Å². The molecule has 10 nitrogen and oxygen atoms in total. The molecule has 0 fully saturated rings. The molecule has 1 amide bonds. The number of hydrogen-bond donors (Lipinski definition) is 1. The summed E-state index contributed by atoms with van der Waals surface area (Å²) >= 11 is 0. The molecule has 0 aliphatic rings. The minimum Gasteiger partial charge on any atom is -0.480 e. The highest BCUT2D eigenvalue weighted by atomic mass is 16.6. The largest absolute Gasteiger partial charge is 0.480 e. The van der Waals surface area contributed by atoms with Gasteiger partial charge in [-0.05, 0) is 56.5 Å². The number of nitrogens with one attached hydrogen (secondary N) is 1. The van der Waals surface area contributed by atoms with E-state index >= 15 is 0 Å². The van der Waals surface area contributed by atoms with Crippen molar-refractivity contribution in [2.45, 2.75) is 33.7 Å². The van der Waals surface area contributed by atoms with Gasteiger partial charge in [-0.25, -0.2) is 9.48 Å². The third-order valence-corrected chi connectivity index (χ3v) is 5.24. The summed E-state index contributed by atoms with van der Waals surface area (Å²) in [5.41, 5.74) is 3.56. The number of nitro benzene ring substituents is 1. The number of nitro groups is 1. The van der Waals surface area contributed by atoms with Crippen molar-refractivity contribution in [1.82, 2.24) is 15.1 Å². The average Bonchev–Trinajstić information content (AvgIpc) is 3.24. The Hall–Kier alpha value is -4.21. The van der Waals surface area contributed by atoms with Gasteiger partial charge < -0.3 is 14.8 Å². The van der Waals surface area contributed by atoms with Crippen molar-refractivity contribution < 1.29 is 24.0 Å². The fourth-order valence-electron chi connectivity index (χ4n) is 3.21. The second-order valence-corrected chi connectivity index (χ2v) is 7.70. The van der Waals surface area contributed by atoms with Gasteiger partial charge in [0, 0.05) is 12.1 Å². The van der Waals surface area contributed by atoms with E-state index in [4.69, 9.17) is 9.47 Å². The Bertz CT molecular complexity index is 1200. The SMILES string of the molecule is CCOC(=O)c1nn(-c2ccc([N+](=O)[O-])cc2)cc1OCC(=O)NC(C)c1ccc(C)c(C)c1. The summed E-state index contributed by atoms with van der Waals surface area (Å²) in [4.78, 5) is 35.2. The molecule has 0 saturated heterocycles. The number of aromatic nitrogens is 2. The van der Waals surface area contributed by atoms with Crippen LogP contribution in [0.1, 0.15) is 47.1 Å². The van der Waals surface area contributed by atoms with Crippen molar-refractivity contribution in [3.8, 4) is 11.4 Å². The van der Waals surface area contributed by atoms with Crippen LogP contribution in [0.2, 0.25) is 0 Å². The van der Waals surface area contributed by atoms with E-state index in [1.165, 1.54) is 40.7 Å². The molecule has 0 saturated carbocycles. The normalized spacial score (nSPS) is 11.5. The first-order chi connectivity index (χ1) is 16.2. The summed E-state index contributed by atoms with van der Waals surface area (Å²) in [6, 6.07) is 11.4. The van der Waals surface area contributed by atoms with Gasteiger partial charge in [0.15, 0.2) is 12.4 Å². The first-order valence-corrected chi connectivity index (χ1v) is 10.7. The Morgan fingerprint density at radius 3 is 2.47 bits per heavy atom. The number of rotatable bonds is 9. The molecule has 1 N–H and O–H groups in total. The minimum absolute atomic E-state index is 0.0609. The molecule has 3 aromatic rings. The Kier molecular flexibility index (Phi) is 7.62. The Morgan fingerprint density at radius 2 is 1.85 bits per heavy atom.